The average molecular weight is 413 g/mol. The van der Waals surface area contributed by atoms with Crippen LogP contribution < -0.4 is 5.48 Å². The van der Waals surface area contributed by atoms with E-state index >= 15 is 0 Å². The van der Waals surface area contributed by atoms with Crippen molar-refractivity contribution in [2.24, 2.45) is 4.99 Å². The minimum atomic E-state index is -0.597. The zero-order chi connectivity index (χ0) is 19.1. The van der Waals surface area contributed by atoms with Gasteiger partial charge in [0.2, 0.25) is 11.9 Å². The van der Waals surface area contributed by atoms with E-state index in [-0.39, 0.29) is 27.8 Å². The van der Waals surface area contributed by atoms with Crippen molar-refractivity contribution in [1.82, 2.24) is 15.4 Å². The lowest BCUT2D eigenvalue weighted by atomic mass is 9.95. The summed E-state index contributed by atoms with van der Waals surface area (Å²) in [6, 6.07) is 4.22. The summed E-state index contributed by atoms with van der Waals surface area (Å²) in [5, 5.41) is 0.318. The Kier molecular flexibility index (Phi) is 4.92. The predicted molar refractivity (Wildman–Crippen MR) is 99.2 cm³/mol. The van der Waals surface area contributed by atoms with Crippen molar-refractivity contribution in [3.63, 3.8) is 0 Å². The summed E-state index contributed by atoms with van der Waals surface area (Å²) < 4.78 is 28.4. The lowest BCUT2D eigenvalue weighted by Gasteiger charge is -2.38. The Morgan fingerprint density at radius 1 is 1.30 bits per heavy atom. The highest BCUT2D eigenvalue weighted by atomic mass is 35.5. The Bertz CT molecular complexity index is 924. The molecule has 1 fully saturated rings. The van der Waals surface area contributed by atoms with Gasteiger partial charge in [0.1, 0.15) is 5.69 Å². The molecule has 2 unspecified atom stereocenters. The summed E-state index contributed by atoms with van der Waals surface area (Å²) in [4.78, 5) is 15.2. The molecule has 0 aliphatic carbocycles. The van der Waals surface area contributed by atoms with Gasteiger partial charge in [-0.2, -0.15) is 4.39 Å². The van der Waals surface area contributed by atoms with Crippen molar-refractivity contribution in [3.8, 4) is 0 Å². The van der Waals surface area contributed by atoms with Crippen LogP contribution in [0.2, 0.25) is 10.0 Å². The van der Waals surface area contributed by atoms with Gasteiger partial charge < -0.3 is 4.90 Å². The number of halogens is 4. The van der Waals surface area contributed by atoms with Crippen LogP contribution in [0.4, 0.5) is 14.5 Å². The van der Waals surface area contributed by atoms with Gasteiger partial charge in [-0.05, 0) is 43.0 Å². The maximum Gasteiger partial charge on any atom is 0.224 e. The molecule has 9 heteroatoms. The van der Waals surface area contributed by atoms with E-state index in [0.29, 0.717) is 17.9 Å². The van der Waals surface area contributed by atoms with Crippen LogP contribution in [0.25, 0.3) is 0 Å². The second-order valence-corrected chi connectivity index (χ2v) is 7.30. The summed E-state index contributed by atoms with van der Waals surface area (Å²) in [6.45, 7) is 0. The van der Waals surface area contributed by atoms with E-state index in [1.54, 1.807) is 0 Å². The van der Waals surface area contributed by atoms with E-state index in [0.717, 1.165) is 24.5 Å². The molecule has 0 radical (unpaired) electrons. The number of fused-ring (bicyclic) bond motifs is 4. The first-order valence-corrected chi connectivity index (χ1v) is 9.19. The normalized spacial score (nSPS) is 21.4. The van der Waals surface area contributed by atoms with Crippen LogP contribution in [0.3, 0.4) is 0 Å². The number of hydrogen-bond donors (Lipinski definition) is 1. The molecule has 2 aliphatic rings. The van der Waals surface area contributed by atoms with E-state index < -0.39 is 11.8 Å². The molecule has 3 heterocycles. The third-order valence-electron chi connectivity index (χ3n) is 4.99. The fourth-order valence-corrected chi connectivity index (χ4v) is 4.18. The van der Waals surface area contributed by atoms with Crippen molar-refractivity contribution < 1.29 is 13.6 Å². The average Bonchev–Trinajstić information content (AvgIpc) is 2.94. The smallest absolute Gasteiger partial charge is 0.224 e. The van der Waals surface area contributed by atoms with Crippen LogP contribution in [-0.4, -0.2) is 29.0 Å². The first-order chi connectivity index (χ1) is 13.0. The number of benzene rings is 1. The minimum absolute atomic E-state index is 0.00781. The van der Waals surface area contributed by atoms with E-state index in [2.05, 4.69) is 15.5 Å². The third-order valence-corrected chi connectivity index (χ3v) is 5.72. The number of pyridine rings is 1. The number of nitrogens with zero attached hydrogens (tertiary/aromatic N) is 3. The van der Waals surface area contributed by atoms with Crippen LogP contribution in [0, 0.1) is 11.8 Å². The number of aromatic nitrogens is 1. The van der Waals surface area contributed by atoms with E-state index in [1.807, 2.05) is 11.0 Å². The number of nitrogens with one attached hydrogen (secondary N) is 1. The van der Waals surface area contributed by atoms with Crippen LogP contribution in [0.15, 0.2) is 29.4 Å². The monoisotopic (exact) mass is 412 g/mol. The molecule has 1 saturated heterocycles. The van der Waals surface area contributed by atoms with Gasteiger partial charge in [-0.15, -0.1) is 0 Å². The quantitative estimate of drug-likeness (QED) is 0.258. The molecular formula is C18H16Cl2F2N4O. The zero-order valence-electron chi connectivity index (χ0n) is 14.3. The minimum Gasteiger partial charge on any atom is -0.331 e. The van der Waals surface area contributed by atoms with E-state index in [9.17, 15) is 8.78 Å². The molecule has 1 aromatic carbocycles. The van der Waals surface area contributed by atoms with Crippen molar-refractivity contribution in [2.45, 2.75) is 31.3 Å². The zero-order valence-corrected chi connectivity index (χ0v) is 15.9. The highest BCUT2D eigenvalue weighted by molar-refractivity contribution is 6.42. The SMILES string of the molecule is CONC(=Nc1cc(Cl)c(Cl)cc1F)N1C2CCC1c1ccnc(F)c1C2. The predicted octanol–water partition coefficient (Wildman–Crippen LogP) is 4.57. The molecule has 4 rings (SSSR count). The van der Waals surface area contributed by atoms with Crippen LogP contribution >= 0.6 is 23.2 Å². The molecule has 2 aromatic rings. The molecule has 5 nitrogen and oxygen atoms in total. The molecule has 2 bridgehead atoms. The summed E-state index contributed by atoms with van der Waals surface area (Å²) in [6.07, 6.45) is 3.65. The van der Waals surface area contributed by atoms with Crippen LogP contribution in [0.5, 0.6) is 0 Å². The number of aliphatic imine (C=N–C) groups is 1. The Labute approximate surface area is 164 Å². The Hall–Kier alpha value is -1.96. The third kappa shape index (κ3) is 3.24. The summed E-state index contributed by atoms with van der Waals surface area (Å²) in [5.41, 5.74) is 4.28. The standard InChI is InChI=1S/C18H16Cl2F2N4O/c1-27-25-18(24-15-8-13(20)12(19)7-14(15)21)26-9-2-3-16(26)10-4-5-23-17(22)11(10)6-9/h4-5,7-9,16H,2-3,6H2,1H3,(H,24,25). The van der Waals surface area contributed by atoms with Gasteiger partial charge in [0.15, 0.2) is 5.82 Å². The number of rotatable bonds is 2. The first-order valence-electron chi connectivity index (χ1n) is 8.43. The largest absolute Gasteiger partial charge is 0.331 e. The molecule has 1 aromatic heterocycles. The second-order valence-electron chi connectivity index (χ2n) is 6.49. The Morgan fingerprint density at radius 3 is 2.85 bits per heavy atom. The van der Waals surface area contributed by atoms with Gasteiger partial charge in [0, 0.05) is 17.8 Å². The number of hydrogen-bond acceptors (Lipinski definition) is 3. The van der Waals surface area contributed by atoms with Crippen molar-refractivity contribution in [3.05, 3.63) is 57.3 Å². The summed E-state index contributed by atoms with van der Waals surface area (Å²) >= 11 is 11.9. The summed E-state index contributed by atoms with van der Waals surface area (Å²) in [7, 11) is 1.45. The van der Waals surface area contributed by atoms with Crippen LogP contribution in [-0.2, 0) is 11.3 Å². The van der Waals surface area contributed by atoms with Crippen LogP contribution in [0.1, 0.15) is 30.0 Å². The van der Waals surface area contributed by atoms with Gasteiger partial charge in [-0.3, -0.25) is 4.84 Å². The highest BCUT2D eigenvalue weighted by Gasteiger charge is 2.43. The van der Waals surface area contributed by atoms with E-state index in [1.165, 1.54) is 19.4 Å². The maximum atomic E-state index is 14.3. The molecule has 1 N–H and O–H groups in total. The van der Waals surface area contributed by atoms with Crippen molar-refractivity contribution >= 4 is 34.8 Å². The second kappa shape index (κ2) is 7.22. The van der Waals surface area contributed by atoms with Gasteiger partial charge in [-0.25, -0.2) is 19.8 Å². The molecule has 0 spiro atoms. The number of guanidine groups is 1. The van der Waals surface area contributed by atoms with Gasteiger partial charge in [0.25, 0.3) is 0 Å². The molecule has 2 atom stereocenters. The Morgan fingerprint density at radius 2 is 2.07 bits per heavy atom. The van der Waals surface area contributed by atoms with Crippen molar-refractivity contribution in [1.29, 1.82) is 0 Å². The van der Waals surface area contributed by atoms with Crippen molar-refractivity contribution in [2.75, 3.05) is 7.11 Å². The van der Waals surface area contributed by atoms with E-state index in [4.69, 9.17) is 28.0 Å². The molecule has 0 saturated carbocycles. The fourth-order valence-electron chi connectivity index (χ4n) is 3.88. The summed E-state index contributed by atoms with van der Waals surface area (Å²) in [5.74, 6) is -0.692. The lowest BCUT2D eigenvalue weighted by molar-refractivity contribution is 0.122. The first kappa shape index (κ1) is 18.4. The molecule has 27 heavy (non-hydrogen) atoms. The lowest BCUT2D eigenvalue weighted by Crippen LogP contribution is -2.48. The Balaban J connectivity index is 1.77. The molecular weight excluding hydrogens is 397 g/mol. The molecule has 142 valence electrons. The molecule has 2 aliphatic heterocycles. The molecule has 0 amide bonds. The van der Waals surface area contributed by atoms with Gasteiger partial charge in [0.05, 0.1) is 23.2 Å². The highest BCUT2D eigenvalue weighted by Crippen LogP contribution is 2.44. The fraction of sp³-hybridized carbons (Fsp3) is 0.333. The number of hydroxylamine groups is 1. The maximum absolute atomic E-state index is 14.3. The van der Waals surface area contributed by atoms with Gasteiger partial charge in [-0.1, -0.05) is 23.2 Å². The topological polar surface area (TPSA) is 49.8 Å². The van der Waals surface area contributed by atoms with Gasteiger partial charge >= 0.3 is 0 Å².